The molecule has 4 rings (SSSR count). The number of rotatable bonds is 8. The van der Waals surface area contributed by atoms with E-state index in [2.05, 4.69) is 27.5 Å². The van der Waals surface area contributed by atoms with Crippen LogP contribution >= 0.6 is 23.2 Å². The summed E-state index contributed by atoms with van der Waals surface area (Å²) in [6.45, 7) is 7.20. The molecule has 38 heavy (non-hydrogen) atoms. The van der Waals surface area contributed by atoms with Gasteiger partial charge in [-0.2, -0.15) is 0 Å². The number of fused-ring (bicyclic) bond motifs is 1. The lowest BCUT2D eigenvalue weighted by Gasteiger charge is -2.17. The predicted octanol–water partition coefficient (Wildman–Crippen LogP) is 7.48. The van der Waals surface area contributed by atoms with E-state index < -0.39 is 0 Å². The first-order valence-corrected chi connectivity index (χ1v) is 12.3. The van der Waals surface area contributed by atoms with Crippen LogP contribution in [-0.4, -0.2) is 37.6 Å². The minimum atomic E-state index is 0.327. The van der Waals surface area contributed by atoms with Crippen LogP contribution < -0.4 is 25.4 Å². The zero-order chi connectivity index (χ0) is 27.8. The number of hydrogen-bond donors (Lipinski definition) is 3. The molecule has 0 atom stereocenters. The van der Waals surface area contributed by atoms with Gasteiger partial charge in [-0.15, -0.1) is 6.58 Å². The van der Waals surface area contributed by atoms with Gasteiger partial charge in [0.2, 0.25) is 6.41 Å². The first-order valence-electron chi connectivity index (χ1n) is 11.6. The maximum absolute atomic E-state index is 11.0. The summed E-state index contributed by atoms with van der Waals surface area (Å²) in [4.78, 5) is 20.4. The van der Waals surface area contributed by atoms with Gasteiger partial charge in [-0.1, -0.05) is 41.4 Å². The summed E-state index contributed by atoms with van der Waals surface area (Å²) < 4.78 is 10.8. The van der Waals surface area contributed by atoms with Crippen LogP contribution in [0.5, 0.6) is 11.5 Å². The fourth-order valence-electron chi connectivity index (χ4n) is 3.79. The molecule has 198 valence electrons. The molecule has 3 N–H and O–H groups in total. The Bertz CT molecular complexity index is 1450. The van der Waals surface area contributed by atoms with Gasteiger partial charge < -0.3 is 25.4 Å². The van der Waals surface area contributed by atoms with E-state index in [0.29, 0.717) is 56.5 Å². The van der Waals surface area contributed by atoms with Crippen molar-refractivity contribution in [1.29, 1.82) is 0 Å². The number of para-hydroxylation sites is 1. The molecule has 8 nitrogen and oxygen atoms in total. The Morgan fingerprint density at radius 1 is 1.05 bits per heavy atom. The van der Waals surface area contributed by atoms with Gasteiger partial charge in [-0.3, -0.25) is 4.79 Å². The van der Waals surface area contributed by atoms with Gasteiger partial charge in [0.05, 0.1) is 41.3 Å². The van der Waals surface area contributed by atoms with Crippen LogP contribution in [0.4, 0.5) is 23.0 Å². The van der Waals surface area contributed by atoms with Gasteiger partial charge >= 0.3 is 0 Å². The second-order valence-corrected chi connectivity index (χ2v) is 8.73. The van der Waals surface area contributed by atoms with Crippen LogP contribution in [-0.2, 0) is 4.79 Å². The van der Waals surface area contributed by atoms with Crippen LogP contribution in [0, 0.1) is 6.92 Å². The van der Waals surface area contributed by atoms with Crippen LogP contribution in [0.25, 0.3) is 22.0 Å². The van der Waals surface area contributed by atoms with Crippen LogP contribution in [0.3, 0.4) is 0 Å². The normalized spacial score (nSPS) is 10.2. The van der Waals surface area contributed by atoms with E-state index in [4.69, 9.17) is 37.7 Å². The number of aromatic nitrogens is 2. The van der Waals surface area contributed by atoms with Crippen molar-refractivity contribution in [3.63, 3.8) is 0 Å². The molecule has 4 aromatic rings. The third-order valence-electron chi connectivity index (χ3n) is 5.52. The number of carbonyl (C=O) groups is 1. The van der Waals surface area contributed by atoms with Crippen molar-refractivity contribution in [2.45, 2.75) is 13.8 Å². The number of amides is 1. The average molecular weight is 554 g/mol. The standard InChI is InChI=1S/C25H23Cl2N5O3.C3H6/c1-13-6-5-7-16(30-12-33)24(13)32-20-9-15-14(11-29-20)8-17(31-25(15)28-2)21-22(26)18(34-3)10-19(35-4)23(21)27;1-3-2/h5-12H,1-4H3,(H,28,31)(H,29,32)(H,30,33);3H,1H2,2H3. The monoisotopic (exact) mass is 553 g/mol. The van der Waals surface area contributed by atoms with E-state index in [9.17, 15) is 4.79 Å². The summed E-state index contributed by atoms with van der Waals surface area (Å²) >= 11 is 13.2. The van der Waals surface area contributed by atoms with Crippen molar-refractivity contribution in [1.82, 2.24) is 9.97 Å². The van der Waals surface area contributed by atoms with E-state index >= 15 is 0 Å². The molecule has 10 heteroatoms. The topological polar surface area (TPSA) is 97.4 Å². The SMILES string of the molecule is C=CC.CNc1nc(-c2c(Cl)c(OC)cc(OC)c2Cl)cc2cnc(Nc3c(C)cccc3NC=O)cc12. The van der Waals surface area contributed by atoms with Gasteiger partial charge in [0.25, 0.3) is 0 Å². The number of nitrogens with zero attached hydrogens (tertiary/aromatic N) is 2. The number of methoxy groups -OCH3 is 2. The number of nitrogens with one attached hydrogen (secondary N) is 3. The smallest absolute Gasteiger partial charge is 0.211 e. The summed E-state index contributed by atoms with van der Waals surface area (Å²) in [5, 5.41) is 11.4. The second-order valence-electron chi connectivity index (χ2n) is 7.97. The van der Waals surface area contributed by atoms with Crippen molar-refractivity contribution >= 4 is 63.4 Å². The summed E-state index contributed by atoms with van der Waals surface area (Å²) in [6.07, 6.45) is 4.12. The number of benzene rings is 2. The highest BCUT2D eigenvalue weighted by molar-refractivity contribution is 6.41. The fraction of sp³-hybridized carbons (Fsp3) is 0.179. The van der Waals surface area contributed by atoms with Crippen LogP contribution in [0.1, 0.15) is 12.5 Å². The molecule has 0 unspecified atom stereocenters. The Labute approximate surface area is 232 Å². The molecule has 2 aromatic heterocycles. The number of halogens is 2. The minimum Gasteiger partial charge on any atom is -0.495 e. The second kappa shape index (κ2) is 13.0. The van der Waals surface area contributed by atoms with Gasteiger partial charge in [0.1, 0.15) is 23.1 Å². The molecule has 0 aliphatic rings. The zero-order valence-corrected chi connectivity index (χ0v) is 23.3. The first-order chi connectivity index (χ1) is 18.3. The fourth-order valence-corrected chi connectivity index (χ4v) is 4.48. The minimum absolute atomic E-state index is 0.327. The van der Waals surface area contributed by atoms with Crippen LogP contribution in [0.2, 0.25) is 10.0 Å². The molecule has 2 heterocycles. The largest absolute Gasteiger partial charge is 0.495 e. The lowest BCUT2D eigenvalue weighted by atomic mass is 10.1. The first kappa shape index (κ1) is 28.6. The van der Waals surface area contributed by atoms with Crippen molar-refractivity contribution < 1.29 is 14.3 Å². The molecular formula is C28H29Cl2N5O3. The summed E-state index contributed by atoms with van der Waals surface area (Å²) in [5.74, 6) is 2.04. The Hall–Kier alpha value is -4.01. The van der Waals surface area contributed by atoms with E-state index in [-0.39, 0.29) is 0 Å². The van der Waals surface area contributed by atoms with Crippen LogP contribution in [0.15, 0.2) is 55.3 Å². The highest BCUT2D eigenvalue weighted by atomic mass is 35.5. The molecule has 1 amide bonds. The maximum Gasteiger partial charge on any atom is 0.211 e. The molecule has 0 saturated heterocycles. The van der Waals surface area contributed by atoms with Gasteiger partial charge in [0, 0.05) is 35.6 Å². The number of allylic oxidation sites excluding steroid dienone is 1. The number of pyridine rings is 2. The molecule has 0 bridgehead atoms. The van der Waals surface area contributed by atoms with E-state index in [1.807, 2.05) is 44.2 Å². The molecular weight excluding hydrogens is 525 g/mol. The Balaban J connectivity index is 0.00000127. The molecule has 0 aliphatic carbocycles. The number of hydrogen-bond acceptors (Lipinski definition) is 7. The van der Waals surface area contributed by atoms with Crippen molar-refractivity contribution in [3.8, 4) is 22.8 Å². The lowest BCUT2D eigenvalue weighted by Crippen LogP contribution is -2.03. The maximum atomic E-state index is 11.0. The average Bonchev–Trinajstić information content (AvgIpc) is 2.91. The number of carbonyl (C=O) groups excluding carboxylic acids is 1. The van der Waals surface area contributed by atoms with Gasteiger partial charge in [-0.05, 0) is 37.6 Å². The summed E-state index contributed by atoms with van der Waals surface area (Å²) in [5.41, 5.74) is 3.39. The van der Waals surface area contributed by atoms with Crippen molar-refractivity contribution in [3.05, 3.63) is 70.9 Å². The summed E-state index contributed by atoms with van der Waals surface area (Å²) in [7, 11) is 4.82. The van der Waals surface area contributed by atoms with E-state index in [1.165, 1.54) is 14.2 Å². The number of aryl methyl sites for hydroxylation is 1. The van der Waals surface area contributed by atoms with Crippen molar-refractivity contribution in [2.24, 2.45) is 0 Å². The molecule has 0 spiro atoms. The number of anilines is 4. The Morgan fingerprint density at radius 3 is 2.29 bits per heavy atom. The Morgan fingerprint density at radius 2 is 1.71 bits per heavy atom. The van der Waals surface area contributed by atoms with Gasteiger partial charge in [-0.25, -0.2) is 9.97 Å². The highest BCUT2D eigenvalue weighted by Gasteiger charge is 2.21. The Kier molecular flexibility index (Phi) is 9.76. The third kappa shape index (κ3) is 5.93. The number of ether oxygens (including phenoxy) is 2. The van der Waals surface area contributed by atoms with Crippen molar-refractivity contribution in [2.75, 3.05) is 37.2 Å². The molecule has 0 fully saturated rings. The molecule has 0 saturated carbocycles. The highest BCUT2D eigenvalue weighted by Crippen LogP contribution is 2.46. The zero-order valence-electron chi connectivity index (χ0n) is 21.8. The summed E-state index contributed by atoms with van der Waals surface area (Å²) in [6, 6.07) is 11.0. The van der Waals surface area contributed by atoms with Gasteiger partial charge in [0.15, 0.2) is 0 Å². The molecule has 0 radical (unpaired) electrons. The third-order valence-corrected chi connectivity index (χ3v) is 6.27. The molecule has 0 aliphatic heterocycles. The van der Waals surface area contributed by atoms with E-state index in [0.717, 1.165) is 22.0 Å². The quantitative estimate of drug-likeness (QED) is 0.154. The predicted molar refractivity (Wildman–Crippen MR) is 158 cm³/mol. The van der Waals surface area contributed by atoms with E-state index in [1.54, 1.807) is 25.4 Å². The lowest BCUT2D eigenvalue weighted by molar-refractivity contribution is -0.105. The molecule has 2 aromatic carbocycles.